The van der Waals surface area contributed by atoms with Crippen molar-refractivity contribution in [3.05, 3.63) is 191 Å². The van der Waals surface area contributed by atoms with Crippen LogP contribution in [0.1, 0.15) is 136 Å². The van der Waals surface area contributed by atoms with Gasteiger partial charge in [0, 0.05) is 43.7 Å². The molecule has 0 bridgehead atoms. The zero-order valence-corrected chi connectivity index (χ0v) is 43.7. The molecule has 4 nitrogen and oxygen atoms in total. The summed E-state index contributed by atoms with van der Waals surface area (Å²) in [7, 11) is 0. The molecule has 0 radical (unpaired) electrons. The highest BCUT2D eigenvalue weighted by molar-refractivity contribution is 6.30. The van der Waals surface area contributed by atoms with E-state index in [0.717, 1.165) is 67.2 Å². The molecule has 0 saturated heterocycles. The molecule has 12 aromatic rings. The number of fused-ring (bicyclic) bond motifs is 6. The molecule has 14 rings (SSSR count). The van der Waals surface area contributed by atoms with E-state index < -0.39 is 0 Å². The molecule has 0 atom stereocenters. The number of rotatable bonds is 10. The van der Waals surface area contributed by atoms with Gasteiger partial charge in [0.25, 0.3) is 0 Å². The van der Waals surface area contributed by atoms with Crippen molar-refractivity contribution in [1.29, 1.82) is 0 Å². The van der Waals surface area contributed by atoms with Crippen molar-refractivity contribution < 1.29 is 8.83 Å². The molecule has 2 aliphatic rings. The van der Waals surface area contributed by atoms with Crippen LogP contribution in [0.2, 0.25) is 0 Å². The predicted octanol–water partition coefficient (Wildman–Crippen LogP) is 21.5. The Hall–Kier alpha value is -7.56. The van der Waals surface area contributed by atoms with Crippen LogP contribution in [0.25, 0.3) is 76.2 Å². The van der Waals surface area contributed by atoms with E-state index in [4.69, 9.17) is 8.83 Å². The van der Waals surface area contributed by atoms with Gasteiger partial charge in [-0.2, -0.15) is 0 Å². The summed E-state index contributed by atoms with van der Waals surface area (Å²) in [4.78, 5) is 5.02. The number of benzene rings is 10. The highest BCUT2D eigenvalue weighted by Gasteiger charge is 2.30. The van der Waals surface area contributed by atoms with E-state index in [1.54, 1.807) is 0 Å². The number of furan rings is 2. The molecular weight excluding hydrogens is 901 g/mol. The number of anilines is 6. The molecular formula is C70H64N2O2. The van der Waals surface area contributed by atoms with E-state index in [0.29, 0.717) is 11.8 Å². The lowest BCUT2D eigenvalue weighted by Crippen LogP contribution is -2.13. The molecule has 0 N–H and O–H groups in total. The third-order valence-electron chi connectivity index (χ3n) is 17.3. The lowest BCUT2D eigenvalue weighted by atomic mass is 9.84. The molecule has 0 amide bonds. The Balaban J connectivity index is 1.07. The average Bonchev–Trinajstić information content (AvgIpc) is 4.34. The van der Waals surface area contributed by atoms with Gasteiger partial charge in [0.1, 0.15) is 11.2 Å². The summed E-state index contributed by atoms with van der Waals surface area (Å²) in [5.41, 5.74) is 18.4. The van der Waals surface area contributed by atoms with E-state index in [2.05, 4.69) is 209 Å². The van der Waals surface area contributed by atoms with Crippen LogP contribution in [0.5, 0.6) is 0 Å². The second-order valence-corrected chi connectivity index (χ2v) is 22.6. The summed E-state index contributed by atoms with van der Waals surface area (Å²) in [6, 6.07) is 59.9. The molecule has 2 aromatic heterocycles. The van der Waals surface area contributed by atoms with Crippen LogP contribution in [0.3, 0.4) is 0 Å². The topological polar surface area (TPSA) is 32.8 Å². The van der Waals surface area contributed by atoms with Crippen molar-refractivity contribution in [3.63, 3.8) is 0 Å². The maximum Gasteiger partial charge on any atom is 0.159 e. The summed E-state index contributed by atoms with van der Waals surface area (Å²) < 4.78 is 14.6. The van der Waals surface area contributed by atoms with Crippen LogP contribution < -0.4 is 9.80 Å². The van der Waals surface area contributed by atoms with Crippen molar-refractivity contribution in [2.75, 3.05) is 9.80 Å². The lowest BCUT2D eigenvalue weighted by Gasteiger charge is -2.31. The predicted molar refractivity (Wildman–Crippen MR) is 314 cm³/mol. The number of aryl methyl sites for hydroxylation is 2. The standard InChI is InChI=1S/C70H64N2O2/c1-41(2)59-39-63(71(47-23-11-17-43(5)37-47)61-31-15-29-55-53-27-13-25-49(45-19-7-8-20-45)67(53)73-69(55)61)57-36-34-52-60(42(3)4)40-64(58-35-33-51(59)65(57)66(52)58)72(48-24-12-18-44(6)38-48)62-32-16-30-56-54-28-14-26-50(46-21-9-10-22-46)68(54)74-70(56)62/h11-18,23-42,45-46H,7-10,19-22H2,1-6H3. The van der Waals surface area contributed by atoms with Crippen LogP contribution >= 0.6 is 0 Å². The minimum Gasteiger partial charge on any atom is -0.454 e. The van der Waals surface area contributed by atoms with Gasteiger partial charge >= 0.3 is 0 Å². The molecule has 10 aromatic carbocycles. The first-order valence-corrected chi connectivity index (χ1v) is 27.6. The second kappa shape index (κ2) is 17.5. The first kappa shape index (κ1) is 45.1. The SMILES string of the molecule is Cc1cccc(N(c2cc(C(C)C)c3ccc4c(N(c5cccc(C)c5)c5cccc6c5oc5c(C7CCCC7)cccc56)cc(C(C)C)c5ccc2c3c54)c2cccc3c2oc2c(C4CCCC4)cccc23)c1. The Bertz CT molecular complexity index is 3890. The van der Waals surface area contributed by atoms with E-state index in [1.165, 1.54) is 128 Å². The zero-order chi connectivity index (χ0) is 49.9. The Morgan fingerprint density at radius 2 is 0.730 bits per heavy atom. The summed E-state index contributed by atoms with van der Waals surface area (Å²) in [5, 5.41) is 12.4. The second-order valence-electron chi connectivity index (χ2n) is 22.6. The average molecular weight is 965 g/mol. The van der Waals surface area contributed by atoms with Crippen LogP contribution in [0.15, 0.2) is 167 Å². The minimum atomic E-state index is 0.251. The molecule has 74 heavy (non-hydrogen) atoms. The van der Waals surface area contributed by atoms with Crippen molar-refractivity contribution >= 4 is 110 Å². The van der Waals surface area contributed by atoms with Crippen LogP contribution in [-0.2, 0) is 0 Å². The third kappa shape index (κ3) is 7.00. The van der Waals surface area contributed by atoms with Crippen molar-refractivity contribution in [3.8, 4) is 0 Å². The Morgan fingerprint density at radius 3 is 1.12 bits per heavy atom. The summed E-state index contributed by atoms with van der Waals surface area (Å²) >= 11 is 0. The molecule has 0 aliphatic heterocycles. The Morgan fingerprint density at radius 1 is 0.365 bits per heavy atom. The lowest BCUT2D eigenvalue weighted by molar-refractivity contribution is 0.643. The molecule has 2 heterocycles. The normalized spacial score (nSPS) is 14.9. The maximum absolute atomic E-state index is 7.29. The molecule has 2 fully saturated rings. The van der Waals surface area contributed by atoms with Crippen molar-refractivity contribution in [2.45, 2.75) is 117 Å². The molecule has 0 unspecified atom stereocenters. The van der Waals surface area contributed by atoms with Gasteiger partial charge in [-0.15, -0.1) is 0 Å². The third-order valence-corrected chi connectivity index (χ3v) is 17.3. The molecule has 2 aliphatic carbocycles. The summed E-state index contributed by atoms with van der Waals surface area (Å²) in [6.07, 6.45) is 10.0. The van der Waals surface area contributed by atoms with Gasteiger partial charge in [0.15, 0.2) is 11.2 Å². The number of para-hydroxylation sites is 4. The van der Waals surface area contributed by atoms with E-state index in [1.807, 2.05) is 0 Å². The van der Waals surface area contributed by atoms with Crippen molar-refractivity contribution in [2.24, 2.45) is 0 Å². The van der Waals surface area contributed by atoms with E-state index in [-0.39, 0.29) is 11.8 Å². The van der Waals surface area contributed by atoms with Crippen LogP contribution in [-0.4, -0.2) is 0 Å². The van der Waals surface area contributed by atoms with E-state index >= 15 is 0 Å². The van der Waals surface area contributed by atoms with E-state index in [9.17, 15) is 0 Å². The summed E-state index contributed by atoms with van der Waals surface area (Å²) in [6.45, 7) is 13.8. The highest BCUT2D eigenvalue weighted by atomic mass is 16.3. The van der Waals surface area contributed by atoms with Gasteiger partial charge in [-0.1, -0.05) is 163 Å². The largest absolute Gasteiger partial charge is 0.454 e. The Labute approximate surface area is 434 Å². The van der Waals surface area contributed by atoms with Gasteiger partial charge in [-0.3, -0.25) is 0 Å². The van der Waals surface area contributed by atoms with Gasteiger partial charge in [0.05, 0.1) is 22.7 Å². The minimum absolute atomic E-state index is 0.251. The fourth-order valence-corrected chi connectivity index (χ4v) is 13.8. The Kier molecular flexibility index (Phi) is 10.7. The van der Waals surface area contributed by atoms with Gasteiger partial charge in [0.2, 0.25) is 0 Å². The zero-order valence-electron chi connectivity index (χ0n) is 43.7. The number of hydrogen-bond acceptors (Lipinski definition) is 4. The highest BCUT2D eigenvalue weighted by Crippen LogP contribution is 2.54. The first-order valence-electron chi connectivity index (χ1n) is 27.6. The fourth-order valence-electron chi connectivity index (χ4n) is 13.8. The first-order chi connectivity index (χ1) is 36.2. The quantitative estimate of drug-likeness (QED) is 0.128. The molecule has 366 valence electrons. The van der Waals surface area contributed by atoms with Crippen molar-refractivity contribution in [1.82, 2.24) is 0 Å². The molecule has 4 heteroatoms. The molecule has 0 spiro atoms. The molecule has 2 saturated carbocycles. The summed E-state index contributed by atoms with van der Waals surface area (Å²) in [5.74, 6) is 1.57. The monoisotopic (exact) mass is 964 g/mol. The fraction of sp³-hybridized carbons (Fsp3) is 0.257. The number of nitrogens with zero attached hydrogens (tertiary/aromatic N) is 2. The maximum atomic E-state index is 7.29. The smallest absolute Gasteiger partial charge is 0.159 e. The van der Waals surface area contributed by atoms with Gasteiger partial charge in [-0.25, -0.2) is 0 Å². The van der Waals surface area contributed by atoms with Crippen LogP contribution in [0.4, 0.5) is 34.1 Å². The van der Waals surface area contributed by atoms with Crippen LogP contribution in [0, 0.1) is 13.8 Å². The number of hydrogen-bond donors (Lipinski definition) is 0. The van der Waals surface area contributed by atoms with Gasteiger partial charge in [-0.05, 0) is 167 Å². The van der Waals surface area contributed by atoms with Gasteiger partial charge < -0.3 is 18.6 Å².